The Labute approximate surface area is 98.4 Å². The van der Waals surface area contributed by atoms with Gasteiger partial charge in [0.2, 0.25) is 5.39 Å². The summed E-state index contributed by atoms with van der Waals surface area (Å²) in [6.45, 7) is 0. The third-order valence-corrected chi connectivity index (χ3v) is 2.54. The van der Waals surface area contributed by atoms with Crippen LogP contribution in [0, 0.1) is 5.39 Å². The molecule has 2 rings (SSSR count). The standard InChI is InChI=1S/C13H10N2O2/c1-17-13(16)12(15-14)11-8-4-6-9-5-2-3-7-10(9)11/h2-8H,1H3/p+1/b13-12-. The van der Waals surface area contributed by atoms with Crippen LogP contribution in [0.25, 0.3) is 21.4 Å². The molecule has 0 fully saturated rings. The number of hydrogen-bond acceptors (Lipinski definition) is 3. The van der Waals surface area contributed by atoms with Crippen LogP contribution in [0.3, 0.4) is 0 Å². The van der Waals surface area contributed by atoms with Gasteiger partial charge in [0.25, 0.3) is 0 Å². The second-order valence-corrected chi connectivity index (χ2v) is 3.48. The number of nitrogens with zero attached hydrogens (tertiary/aromatic N) is 2. The molecule has 0 aliphatic carbocycles. The lowest BCUT2D eigenvalue weighted by Gasteiger charge is -2.00. The van der Waals surface area contributed by atoms with E-state index < -0.39 is 5.95 Å². The predicted octanol–water partition coefficient (Wildman–Crippen LogP) is 3.52. The highest BCUT2D eigenvalue weighted by Crippen LogP contribution is 2.27. The summed E-state index contributed by atoms with van der Waals surface area (Å²) in [5.74, 6) is -0.413. The van der Waals surface area contributed by atoms with E-state index in [1.54, 1.807) is 6.07 Å². The number of aliphatic hydroxyl groups is 1. The maximum absolute atomic E-state index is 9.53. The van der Waals surface area contributed by atoms with Crippen LogP contribution in [-0.2, 0) is 4.74 Å². The van der Waals surface area contributed by atoms with E-state index in [2.05, 4.69) is 9.71 Å². The summed E-state index contributed by atoms with van der Waals surface area (Å²) in [4.78, 5) is 3.08. The number of aliphatic hydroxyl groups excluding tert-OH is 1. The largest absolute Gasteiger partial charge is 0.475 e. The fraction of sp³-hybridized carbons (Fsp3) is 0.0769. The molecule has 0 saturated heterocycles. The highest BCUT2D eigenvalue weighted by Gasteiger charge is 2.24. The fourth-order valence-corrected chi connectivity index (χ4v) is 1.74. The van der Waals surface area contributed by atoms with Gasteiger partial charge in [-0.15, -0.1) is 0 Å². The first-order valence-corrected chi connectivity index (χ1v) is 5.08. The summed E-state index contributed by atoms with van der Waals surface area (Å²) in [5.41, 5.74) is 0.634. The minimum absolute atomic E-state index is 0.0179. The van der Waals surface area contributed by atoms with Crippen LogP contribution < -0.4 is 0 Å². The SMILES string of the molecule is CO/C(O)=C(\[N+]#N)c1cccc2ccccc12. The second kappa shape index (κ2) is 4.54. The molecule has 84 valence electrons. The van der Waals surface area contributed by atoms with E-state index in [0.29, 0.717) is 5.56 Å². The molecule has 0 spiro atoms. The average Bonchev–Trinajstić information content (AvgIpc) is 2.39. The average molecular weight is 227 g/mol. The topological polar surface area (TPSA) is 57.6 Å². The predicted molar refractivity (Wildman–Crippen MR) is 65.6 cm³/mol. The first-order valence-electron chi connectivity index (χ1n) is 5.08. The van der Waals surface area contributed by atoms with Crippen molar-refractivity contribution in [3.63, 3.8) is 0 Å². The zero-order valence-electron chi connectivity index (χ0n) is 9.29. The molecule has 2 aromatic rings. The van der Waals surface area contributed by atoms with Crippen LogP contribution in [0.2, 0.25) is 0 Å². The third kappa shape index (κ3) is 1.91. The first kappa shape index (κ1) is 11.0. The van der Waals surface area contributed by atoms with E-state index in [0.717, 1.165) is 10.8 Å². The molecule has 17 heavy (non-hydrogen) atoms. The fourth-order valence-electron chi connectivity index (χ4n) is 1.74. The van der Waals surface area contributed by atoms with Gasteiger partial charge in [-0.2, -0.15) is 0 Å². The van der Waals surface area contributed by atoms with Crippen molar-refractivity contribution in [2.24, 2.45) is 0 Å². The second-order valence-electron chi connectivity index (χ2n) is 3.48. The lowest BCUT2D eigenvalue weighted by atomic mass is 10.0. The quantitative estimate of drug-likeness (QED) is 0.630. The molecule has 2 aromatic carbocycles. The molecule has 4 heteroatoms. The molecular formula is C13H11N2O2+. The van der Waals surface area contributed by atoms with Gasteiger partial charge >= 0.3 is 11.6 Å². The minimum atomic E-state index is -0.413. The summed E-state index contributed by atoms with van der Waals surface area (Å²) >= 11 is 0. The van der Waals surface area contributed by atoms with Crippen LogP contribution in [-0.4, -0.2) is 12.2 Å². The maximum atomic E-state index is 9.53. The van der Waals surface area contributed by atoms with E-state index in [-0.39, 0.29) is 5.70 Å². The number of methoxy groups -OCH3 is 1. The molecule has 0 amide bonds. The van der Waals surface area contributed by atoms with E-state index >= 15 is 0 Å². The first-order chi connectivity index (χ1) is 8.27. The molecular weight excluding hydrogens is 216 g/mol. The van der Waals surface area contributed by atoms with Crippen LogP contribution in [0.4, 0.5) is 0 Å². The monoisotopic (exact) mass is 227 g/mol. The lowest BCUT2D eigenvalue weighted by Crippen LogP contribution is -1.91. The van der Waals surface area contributed by atoms with Crippen molar-refractivity contribution in [1.82, 2.24) is 0 Å². The maximum Gasteiger partial charge on any atom is 0.471 e. The number of ether oxygens (including phenoxy) is 1. The molecule has 0 saturated carbocycles. The Balaban J connectivity index is 2.76. The van der Waals surface area contributed by atoms with E-state index in [1.807, 2.05) is 36.4 Å². The highest BCUT2D eigenvalue weighted by molar-refractivity contribution is 5.95. The van der Waals surface area contributed by atoms with Crippen LogP contribution in [0.15, 0.2) is 48.4 Å². The van der Waals surface area contributed by atoms with Gasteiger partial charge in [-0.05, 0) is 16.8 Å². The molecule has 0 bridgehead atoms. The van der Waals surface area contributed by atoms with Crippen molar-refractivity contribution in [1.29, 1.82) is 5.39 Å². The Kier molecular flexibility index (Phi) is 2.93. The molecule has 0 heterocycles. The van der Waals surface area contributed by atoms with Gasteiger partial charge < -0.3 is 9.84 Å². The highest BCUT2D eigenvalue weighted by atomic mass is 16.6. The Morgan fingerprint density at radius 2 is 1.88 bits per heavy atom. The Morgan fingerprint density at radius 1 is 1.18 bits per heavy atom. The van der Waals surface area contributed by atoms with Gasteiger partial charge in [0.15, 0.2) is 4.98 Å². The van der Waals surface area contributed by atoms with Gasteiger partial charge in [-0.1, -0.05) is 36.4 Å². The molecule has 0 atom stereocenters. The van der Waals surface area contributed by atoms with Crippen molar-refractivity contribution in [3.8, 4) is 0 Å². The normalized spacial score (nSPS) is 11.8. The molecule has 0 aromatic heterocycles. The van der Waals surface area contributed by atoms with Gasteiger partial charge in [-0.3, -0.25) is 0 Å². The summed E-state index contributed by atoms with van der Waals surface area (Å²) in [6, 6.07) is 13.2. The molecule has 0 radical (unpaired) electrons. The van der Waals surface area contributed by atoms with Crippen molar-refractivity contribution < 1.29 is 9.84 Å². The Morgan fingerprint density at radius 3 is 2.59 bits per heavy atom. The van der Waals surface area contributed by atoms with E-state index in [9.17, 15) is 5.11 Å². The van der Waals surface area contributed by atoms with Crippen molar-refractivity contribution >= 4 is 16.5 Å². The van der Waals surface area contributed by atoms with Gasteiger partial charge in [0, 0.05) is 0 Å². The number of rotatable bonds is 2. The van der Waals surface area contributed by atoms with Crippen molar-refractivity contribution in [2.45, 2.75) is 0 Å². The minimum Gasteiger partial charge on any atom is -0.475 e. The van der Waals surface area contributed by atoms with Gasteiger partial charge in [0.05, 0.1) is 12.7 Å². The number of benzene rings is 2. The zero-order valence-corrected chi connectivity index (χ0v) is 9.29. The zero-order chi connectivity index (χ0) is 12.3. The molecule has 1 N–H and O–H groups in total. The van der Waals surface area contributed by atoms with Gasteiger partial charge in [0.1, 0.15) is 0 Å². The number of hydrogen-bond donors (Lipinski definition) is 1. The number of diazo groups is 1. The molecule has 0 unspecified atom stereocenters. The van der Waals surface area contributed by atoms with Crippen LogP contribution >= 0.6 is 0 Å². The smallest absolute Gasteiger partial charge is 0.471 e. The van der Waals surface area contributed by atoms with Crippen LogP contribution in [0.1, 0.15) is 5.56 Å². The molecule has 0 aliphatic rings. The van der Waals surface area contributed by atoms with Crippen molar-refractivity contribution in [2.75, 3.05) is 7.11 Å². The molecule has 4 nitrogen and oxygen atoms in total. The summed E-state index contributed by atoms with van der Waals surface area (Å²) in [5, 5.41) is 20.4. The summed E-state index contributed by atoms with van der Waals surface area (Å²) in [7, 11) is 1.31. The van der Waals surface area contributed by atoms with Crippen molar-refractivity contribution in [3.05, 3.63) is 58.9 Å². The molecule has 0 aliphatic heterocycles. The lowest BCUT2D eigenvalue weighted by molar-refractivity contribution is 0.139. The van der Waals surface area contributed by atoms with E-state index in [1.165, 1.54) is 7.11 Å². The summed E-state index contributed by atoms with van der Waals surface area (Å²) < 4.78 is 4.69. The third-order valence-electron chi connectivity index (χ3n) is 2.54. The van der Waals surface area contributed by atoms with E-state index in [4.69, 9.17) is 5.39 Å². The van der Waals surface area contributed by atoms with Crippen LogP contribution in [0.5, 0.6) is 0 Å². The Hall–Kier alpha value is -2.54. The Bertz CT molecular complexity index is 621. The van der Waals surface area contributed by atoms with Gasteiger partial charge in [-0.25, -0.2) is 0 Å². The summed E-state index contributed by atoms with van der Waals surface area (Å²) in [6.07, 6.45) is 0. The number of fused-ring (bicyclic) bond motifs is 1.